The molecule has 1 rings (SSSR count). The Hall–Kier alpha value is -1.44. The fourth-order valence-electron chi connectivity index (χ4n) is 1.46. The zero-order valence-corrected chi connectivity index (χ0v) is 11.4. The van der Waals surface area contributed by atoms with Gasteiger partial charge in [-0.25, -0.2) is 4.39 Å². The van der Waals surface area contributed by atoms with E-state index in [4.69, 9.17) is 0 Å². The van der Waals surface area contributed by atoms with E-state index in [9.17, 15) is 26.6 Å². The first kappa shape index (κ1) is 16.6. The molecule has 1 aromatic carbocycles. The second kappa shape index (κ2) is 6.83. The van der Waals surface area contributed by atoms with Crippen LogP contribution < -0.4 is 5.32 Å². The molecule has 0 spiro atoms. The van der Waals surface area contributed by atoms with Crippen LogP contribution in [0.4, 0.5) is 17.6 Å². The first-order chi connectivity index (χ1) is 9.21. The highest BCUT2D eigenvalue weighted by Gasteiger charge is 2.34. The van der Waals surface area contributed by atoms with Crippen molar-refractivity contribution in [3.05, 3.63) is 35.1 Å². The summed E-state index contributed by atoms with van der Waals surface area (Å²) in [6, 6.07) is 2.07. The summed E-state index contributed by atoms with van der Waals surface area (Å²) in [6.07, 6.45) is -2.89. The summed E-state index contributed by atoms with van der Waals surface area (Å²) in [6.45, 7) is 0.192. The van der Waals surface area contributed by atoms with Gasteiger partial charge in [0, 0.05) is 34.9 Å². The number of halogens is 4. The molecule has 1 unspecified atom stereocenters. The lowest BCUT2D eigenvalue weighted by Crippen LogP contribution is -2.26. The van der Waals surface area contributed by atoms with Crippen molar-refractivity contribution in [3.63, 3.8) is 0 Å². The van der Waals surface area contributed by atoms with Crippen LogP contribution in [0, 0.1) is 5.82 Å². The minimum absolute atomic E-state index is 0.192. The van der Waals surface area contributed by atoms with Crippen LogP contribution >= 0.6 is 0 Å². The van der Waals surface area contributed by atoms with E-state index in [1.807, 2.05) is 0 Å². The van der Waals surface area contributed by atoms with Crippen LogP contribution in [0.25, 0.3) is 0 Å². The molecule has 0 aliphatic carbocycles. The van der Waals surface area contributed by atoms with Crippen LogP contribution in [0.2, 0.25) is 0 Å². The lowest BCUT2D eigenvalue weighted by atomic mass is 10.1. The number of nitrogens with one attached hydrogen (secondary N) is 1. The molecule has 0 bridgehead atoms. The third kappa shape index (κ3) is 4.92. The molecule has 0 saturated heterocycles. The van der Waals surface area contributed by atoms with Crippen molar-refractivity contribution in [1.82, 2.24) is 5.32 Å². The van der Waals surface area contributed by atoms with Crippen LogP contribution in [0.5, 0.6) is 0 Å². The van der Waals surface area contributed by atoms with Crippen LogP contribution in [0.1, 0.15) is 22.3 Å². The summed E-state index contributed by atoms with van der Waals surface area (Å²) in [5.74, 6) is -1.76. The van der Waals surface area contributed by atoms with E-state index in [2.05, 4.69) is 5.32 Å². The Bertz CT molecular complexity index is 517. The van der Waals surface area contributed by atoms with E-state index in [1.54, 1.807) is 0 Å². The first-order valence-electron chi connectivity index (χ1n) is 5.67. The molecule has 3 nitrogen and oxygen atoms in total. The van der Waals surface area contributed by atoms with Gasteiger partial charge in [0.15, 0.2) is 0 Å². The van der Waals surface area contributed by atoms with Crippen molar-refractivity contribution >= 4 is 16.7 Å². The normalized spacial score (nSPS) is 13.1. The zero-order valence-electron chi connectivity index (χ0n) is 10.6. The Balaban J connectivity index is 2.72. The molecular weight excluding hydrogens is 298 g/mol. The third-order valence-electron chi connectivity index (χ3n) is 2.43. The topological polar surface area (TPSA) is 46.2 Å². The molecule has 0 saturated carbocycles. The minimum Gasteiger partial charge on any atom is -0.352 e. The second-order valence-electron chi connectivity index (χ2n) is 4.08. The molecule has 0 aliphatic rings. The van der Waals surface area contributed by atoms with Gasteiger partial charge in [-0.15, -0.1) is 0 Å². The molecule has 0 heterocycles. The Kier molecular flexibility index (Phi) is 5.67. The molecule has 0 radical (unpaired) electrons. The smallest absolute Gasteiger partial charge is 0.352 e. The maximum Gasteiger partial charge on any atom is 0.419 e. The standard InChI is InChI=1S/C12H13F4NO2S/c1-20(19)6-2-5-17-11(18)8-3-4-10(13)9(7-8)12(14,15)16/h3-4,7H,2,5-6H2,1H3,(H,17,18). The van der Waals surface area contributed by atoms with Crippen molar-refractivity contribution in [2.75, 3.05) is 18.6 Å². The Morgan fingerprint density at radius 1 is 1.35 bits per heavy atom. The Morgan fingerprint density at radius 3 is 2.55 bits per heavy atom. The van der Waals surface area contributed by atoms with Crippen molar-refractivity contribution < 1.29 is 26.6 Å². The van der Waals surface area contributed by atoms with Gasteiger partial charge in [0.05, 0.1) is 5.56 Å². The molecule has 1 atom stereocenters. The predicted molar refractivity (Wildman–Crippen MR) is 67.3 cm³/mol. The third-order valence-corrected chi connectivity index (χ3v) is 3.29. The lowest BCUT2D eigenvalue weighted by Gasteiger charge is -2.10. The minimum atomic E-state index is -4.85. The molecule has 1 aromatic rings. The summed E-state index contributed by atoms with van der Waals surface area (Å²) in [7, 11) is -0.993. The van der Waals surface area contributed by atoms with Gasteiger partial charge in [-0.3, -0.25) is 9.00 Å². The van der Waals surface area contributed by atoms with Gasteiger partial charge in [-0.2, -0.15) is 13.2 Å². The summed E-state index contributed by atoms with van der Waals surface area (Å²) in [4.78, 5) is 11.6. The fraction of sp³-hybridized carbons (Fsp3) is 0.417. The largest absolute Gasteiger partial charge is 0.419 e. The first-order valence-corrected chi connectivity index (χ1v) is 7.39. The van der Waals surface area contributed by atoms with Gasteiger partial charge in [-0.1, -0.05) is 0 Å². The molecule has 0 aromatic heterocycles. The monoisotopic (exact) mass is 311 g/mol. The Morgan fingerprint density at radius 2 is 2.00 bits per heavy atom. The van der Waals surface area contributed by atoms with Crippen molar-refractivity contribution in [3.8, 4) is 0 Å². The molecule has 20 heavy (non-hydrogen) atoms. The van der Waals surface area contributed by atoms with Gasteiger partial charge in [0.1, 0.15) is 5.82 Å². The molecule has 0 aliphatic heterocycles. The highest BCUT2D eigenvalue weighted by atomic mass is 32.2. The molecule has 0 fully saturated rings. The number of hydrogen-bond acceptors (Lipinski definition) is 2. The van der Waals surface area contributed by atoms with Crippen LogP contribution in [0.3, 0.4) is 0 Å². The summed E-state index contributed by atoms with van der Waals surface area (Å²) in [5.41, 5.74) is -1.74. The van der Waals surface area contributed by atoms with Crippen LogP contribution in [-0.4, -0.2) is 28.7 Å². The number of benzene rings is 1. The van der Waals surface area contributed by atoms with Gasteiger partial charge < -0.3 is 5.32 Å². The SMILES string of the molecule is CS(=O)CCCNC(=O)c1ccc(F)c(C(F)(F)F)c1. The second-order valence-corrected chi connectivity index (χ2v) is 5.63. The average molecular weight is 311 g/mol. The van der Waals surface area contributed by atoms with E-state index < -0.39 is 34.3 Å². The number of carbonyl (C=O) groups is 1. The number of rotatable bonds is 5. The number of alkyl halides is 3. The van der Waals surface area contributed by atoms with Crippen LogP contribution in [-0.2, 0) is 17.0 Å². The van der Waals surface area contributed by atoms with Crippen LogP contribution in [0.15, 0.2) is 18.2 Å². The lowest BCUT2D eigenvalue weighted by molar-refractivity contribution is -0.140. The van der Waals surface area contributed by atoms with Gasteiger partial charge in [0.25, 0.3) is 5.91 Å². The van der Waals surface area contributed by atoms with Crippen molar-refractivity contribution in [1.29, 1.82) is 0 Å². The number of carbonyl (C=O) groups excluding carboxylic acids is 1. The fourth-order valence-corrected chi connectivity index (χ4v) is 2.01. The quantitative estimate of drug-likeness (QED) is 0.670. The Labute approximate surface area is 115 Å². The van der Waals surface area contributed by atoms with E-state index in [0.29, 0.717) is 24.3 Å². The average Bonchev–Trinajstić information content (AvgIpc) is 2.33. The maximum atomic E-state index is 13.0. The molecular formula is C12H13F4NO2S. The van der Waals surface area contributed by atoms with E-state index >= 15 is 0 Å². The van der Waals surface area contributed by atoms with E-state index in [-0.39, 0.29) is 12.1 Å². The molecule has 1 N–H and O–H groups in total. The maximum absolute atomic E-state index is 13.0. The zero-order chi connectivity index (χ0) is 15.3. The van der Waals surface area contributed by atoms with E-state index in [1.165, 1.54) is 6.26 Å². The summed E-state index contributed by atoms with van der Waals surface area (Å²) in [5, 5.41) is 2.39. The molecule has 8 heteroatoms. The number of hydrogen-bond donors (Lipinski definition) is 1. The van der Waals surface area contributed by atoms with Gasteiger partial charge >= 0.3 is 6.18 Å². The molecule has 112 valence electrons. The van der Waals surface area contributed by atoms with Crippen molar-refractivity contribution in [2.45, 2.75) is 12.6 Å². The van der Waals surface area contributed by atoms with Crippen molar-refractivity contribution in [2.24, 2.45) is 0 Å². The van der Waals surface area contributed by atoms with Gasteiger partial charge in [0.2, 0.25) is 0 Å². The van der Waals surface area contributed by atoms with E-state index in [0.717, 1.165) is 6.07 Å². The molecule has 1 amide bonds. The highest BCUT2D eigenvalue weighted by Crippen LogP contribution is 2.31. The predicted octanol–water partition coefficient (Wildman–Crippen LogP) is 2.34. The number of amides is 1. The van der Waals surface area contributed by atoms with Gasteiger partial charge in [-0.05, 0) is 24.6 Å². The summed E-state index contributed by atoms with van der Waals surface area (Å²) >= 11 is 0. The highest BCUT2D eigenvalue weighted by molar-refractivity contribution is 7.84. The summed E-state index contributed by atoms with van der Waals surface area (Å²) < 4.78 is 61.3.